The van der Waals surface area contributed by atoms with Crippen LogP contribution >= 0.6 is 0 Å². The Morgan fingerprint density at radius 2 is 2.27 bits per heavy atom. The van der Waals surface area contributed by atoms with Gasteiger partial charge in [0.2, 0.25) is 5.95 Å². The molecule has 0 aromatic carbocycles. The lowest BCUT2D eigenvalue weighted by Gasteiger charge is -2.01. The van der Waals surface area contributed by atoms with Gasteiger partial charge in [-0.15, -0.1) is 0 Å². The molecule has 2 aromatic rings. The predicted molar refractivity (Wildman–Crippen MR) is 55.2 cm³/mol. The standard InChI is InChI=1S/C9H9N5O/c10-6-1-2-11-7(5-6)8(15)14-9-12-3-4-13-9/h1-5H,(H2,10,11)(H2,12,13,14,15). The van der Waals surface area contributed by atoms with Crippen molar-refractivity contribution in [3.8, 4) is 0 Å². The van der Waals surface area contributed by atoms with E-state index < -0.39 is 0 Å². The molecular weight excluding hydrogens is 194 g/mol. The van der Waals surface area contributed by atoms with Crippen LogP contribution in [-0.4, -0.2) is 20.9 Å². The predicted octanol–water partition coefficient (Wildman–Crippen LogP) is 0.639. The Morgan fingerprint density at radius 3 is 2.93 bits per heavy atom. The summed E-state index contributed by atoms with van der Waals surface area (Å²) < 4.78 is 0. The zero-order chi connectivity index (χ0) is 10.7. The van der Waals surface area contributed by atoms with Crippen molar-refractivity contribution in [2.24, 2.45) is 0 Å². The lowest BCUT2D eigenvalue weighted by Crippen LogP contribution is -2.14. The SMILES string of the molecule is Nc1ccnc(C(=O)Nc2ncc[nH]2)c1. The molecule has 0 bridgehead atoms. The van der Waals surface area contributed by atoms with Gasteiger partial charge in [-0.1, -0.05) is 0 Å². The first-order valence-corrected chi connectivity index (χ1v) is 4.28. The molecule has 15 heavy (non-hydrogen) atoms. The van der Waals surface area contributed by atoms with Crippen LogP contribution in [0.15, 0.2) is 30.7 Å². The normalized spacial score (nSPS) is 9.87. The highest BCUT2D eigenvalue weighted by molar-refractivity contribution is 6.02. The number of carbonyl (C=O) groups excluding carboxylic acids is 1. The fourth-order valence-corrected chi connectivity index (χ4v) is 1.08. The van der Waals surface area contributed by atoms with Gasteiger partial charge in [-0.2, -0.15) is 0 Å². The van der Waals surface area contributed by atoms with E-state index in [1.54, 1.807) is 18.5 Å². The second-order valence-electron chi connectivity index (χ2n) is 2.87. The molecule has 0 saturated heterocycles. The molecule has 4 N–H and O–H groups in total. The number of nitrogens with zero attached hydrogens (tertiary/aromatic N) is 2. The fraction of sp³-hybridized carbons (Fsp3) is 0. The summed E-state index contributed by atoms with van der Waals surface area (Å²) in [5.74, 6) is 0.0291. The van der Waals surface area contributed by atoms with E-state index in [0.29, 0.717) is 11.6 Å². The zero-order valence-corrected chi connectivity index (χ0v) is 7.77. The van der Waals surface area contributed by atoms with E-state index in [4.69, 9.17) is 5.73 Å². The minimum atomic E-state index is -0.350. The maximum atomic E-state index is 11.6. The van der Waals surface area contributed by atoms with E-state index in [0.717, 1.165) is 0 Å². The molecular formula is C9H9N5O. The molecule has 2 heterocycles. The third-order valence-electron chi connectivity index (χ3n) is 1.75. The van der Waals surface area contributed by atoms with Crippen LogP contribution in [0.25, 0.3) is 0 Å². The number of nitrogen functional groups attached to an aromatic ring is 1. The quantitative estimate of drug-likeness (QED) is 0.667. The third-order valence-corrected chi connectivity index (χ3v) is 1.75. The van der Waals surface area contributed by atoms with Crippen LogP contribution in [0.1, 0.15) is 10.5 Å². The highest BCUT2D eigenvalue weighted by atomic mass is 16.2. The van der Waals surface area contributed by atoms with Crippen LogP contribution in [0, 0.1) is 0 Å². The van der Waals surface area contributed by atoms with E-state index in [-0.39, 0.29) is 11.6 Å². The number of nitrogens with one attached hydrogen (secondary N) is 2. The molecule has 0 aliphatic carbocycles. The lowest BCUT2D eigenvalue weighted by atomic mass is 10.3. The molecule has 0 unspecified atom stereocenters. The van der Waals surface area contributed by atoms with E-state index >= 15 is 0 Å². The van der Waals surface area contributed by atoms with Gasteiger partial charge in [0, 0.05) is 24.3 Å². The van der Waals surface area contributed by atoms with Gasteiger partial charge in [-0.05, 0) is 12.1 Å². The number of hydrogen-bond acceptors (Lipinski definition) is 4. The summed E-state index contributed by atoms with van der Waals surface area (Å²) in [6.45, 7) is 0. The first-order valence-electron chi connectivity index (χ1n) is 4.28. The minimum absolute atomic E-state index is 0.256. The molecule has 6 heteroatoms. The molecule has 0 aliphatic rings. The van der Waals surface area contributed by atoms with Gasteiger partial charge in [0.1, 0.15) is 5.69 Å². The van der Waals surface area contributed by atoms with Crippen molar-refractivity contribution in [1.29, 1.82) is 0 Å². The van der Waals surface area contributed by atoms with E-state index in [2.05, 4.69) is 20.3 Å². The Bertz CT molecular complexity index is 465. The second kappa shape index (κ2) is 3.79. The van der Waals surface area contributed by atoms with Gasteiger partial charge >= 0.3 is 0 Å². The lowest BCUT2D eigenvalue weighted by molar-refractivity contribution is 0.102. The zero-order valence-electron chi connectivity index (χ0n) is 7.77. The summed E-state index contributed by atoms with van der Waals surface area (Å²) in [4.78, 5) is 22.1. The number of pyridine rings is 1. The van der Waals surface area contributed by atoms with Crippen molar-refractivity contribution in [3.05, 3.63) is 36.4 Å². The summed E-state index contributed by atoms with van der Waals surface area (Å²) in [5, 5.41) is 2.54. The largest absolute Gasteiger partial charge is 0.399 e. The molecule has 2 rings (SSSR count). The number of H-pyrrole nitrogens is 1. The first-order chi connectivity index (χ1) is 7.25. The van der Waals surface area contributed by atoms with Crippen LogP contribution < -0.4 is 11.1 Å². The Hall–Kier alpha value is -2.37. The number of anilines is 2. The molecule has 0 radical (unpaired) electrons. The Kier molecular flexibility index (Phi) is 2.32. The topological polar surface area (TPSA) is 96.7 Å². The van der Waals surface area contributed by atoms with E-state index in [1.165, 1.54) is 12.3 Å². The number of carbonyl (C=O) groups is 1. The maximum Gasteiger partial charge on any atom is 0.276 e. The molecule has 0 spiro atoms. The average Bonchev–Trinajstić information content (AvgIpc) is 2.70. The molecule has 76 valence electrons. The molecule has 2 aromatic heterocycles. The highest BCUT2D eigenvalue weighted by Crippen LogP contribution is 2.05. The number of nitrogens with two attached hydrogens (primary N) is 1. The number of hydrogen-bond donors (Lipinski definition) is 3. The molecule has 0 saturated carbocycles. The Morgan fingerprint density at radius 1 is 1.40 bits per heavy atom. The van der Waals surface area contributed by atoms with Gasteiger partial charge in [-0.25, -0.2) is 4.98 Å². The smallest absolute Gasteiger partial charge is 0.276 e. The van der Waals surface area contributed by atoms with Crippen LogP contribution in [0.4, 0.5) is 11.6 Å². The van der Waals surface area contributed by atoms with E-state index in [9.17, 15) is 4.79 Å². The molecule has 0 atom stereocenters. The Balaban J connectivity index is 2.15. The van der Waals surface area contributed by atoms with Crippen LogP contribution in [-0.2, 0) is 0 Å². The number of aromatic amines is 1. The maximum absolute atomic E-state index is 11.6. The average molecular weight is 203 g/mol. The van der Waals surface area contributed by atoms with Crippen molar-refractivity contribution >= 4 is 17.5 Å². The molecule has 0 fully saturated rings. The van der Waals surface area contributed by atoms with Crippen LogP contribution in [0.2, 0.25) is 0 Å². The molecule has 1 amide bonds. The number of rotatable bonds is 2. The molecule has 0 aliphatic heterocycles. The van der Waals surface area contributed by atoms with Crippen LogP contribution in [0.5, 0.6) is 0 Å². The van der Waals surface area contributed by atoms with Gasteiger partial charge in [0.25, 0.3) is 5.91 Å². The third kappa shape index (κ3) is 2.11. The van der Waals surface area contributed by atoms with Gasteiger partial charge in [0.15, 0.2) is 0 Å². The summed E-state index contributed by atoms with van der Waals surface area (Å²) in [5.41, 5.74) is 6.28. The summed E-state index contributed by atoms with van der Waals surface area (Å²) >= 11 is 0. The van der Waals surface area contributed by atoms with Crippen molar-refractivity contribution in [2.75, 3.05) is 11.1 Å². The second-order valence-corrected chi connectivity index (χ2v) is 2.87. The minimum Gasteiger partial charge on any atom is -0.399 e. The summed E-state index contributed by atoms with van der Waals surface area (Å²) in [6.07, 6.45) is 4.64. The van der Waals surface area contributed by atoms with Crippen LogP contribution in [0.3, 0.4) is 0 Å². The number of imidazole rings is 1. The molecule has 6 nitrogen and oxygen atoms in total. The number of aromatic nitrogens is 3. The van der Waals surface area contributed by atoms with Gasteiger partial charge in [-0.3, -0.25) is 15.1 Å². The van der Waals surface area contributed by atoms with Crippen molar-refractivity contribution < 1.29 is 4.79 Å². The number of amides is 1. The summed E-state index contributed by atoms with van der Waals surface area (Å²) in [6, 6.07) is 3.11. The van der Waals surface area contributed by atoms with Crippen molar-refractivity contribution in [2.45, 2.75) is 0 Å². The highest BCUT2D eigenvalue weighted by Gasteiger charge is 2.08. The van der Waals surface area contributed by atoms with Crippen molar-refractivity contribution in [1.82, 2.24) is 15.0 Å². The van der Waals surface area contributed by atoms with E-state index in [1.807, 2.05) is 0 Å². The first kappa shape index (κ1) is 9.20. The fourth-order valence-electron chi connectivity index (χ4n) is 1.08. The van der Waals surface area contributed by atoms with Crippen molar-refractivity contribution in [3.63, 3.8) is 0 Å². The Labute approximate surface area is 85.6 Å². The van der Waals surface area contributed by atoms with Gasteiger partial charge < -0.3 is 10.7 Å². The van der Waals surface area contributed by atoms with Gasteiger partial charge in [0.05, 0.1) is 0 Å². The summed E-state index contributed by atoms with van der Waals surface area (Å²) in [7, 11) is 0. The monoisotopic (exact) mass is 203 g/mol.